The van der Waals surface area contributed by atoms with E-state index in [2.05, 4.69) is 4.98 Å². The molecule has 2 N–H and O–H groups in total. The molecule has 0 radical (unpaired) electrons. The zero-order valence-corrected chi connectivity index (χ0v) is 14.3. The first-order chi connectivity index (χ1) is 12.7. The number of hydrogen-bond acceptors (Lipinski definition) is 3. The number of aromatic hydroxyl groups is 1. The van der Waals surface area contributed by atoms with E-state index in [0.717, 1.165) is 39.7 Å². The lowest BCUT2D eigenvalue weighted by molar-refractivity contribution is 0.415. The number of hydrogen-bond donors (Lipinski definition) is 2. The number of rotatable bonds is 4. The van der Waals surface area contributed by atoms with Crippen LogP contribution in [0.4, 0.5) is 0 Å². The highest BCUT2D eigenvalue weighted by atomic mass is 16.5. The lowest BCUT2D eigenvalue weighted by atomic mass is 10.1. The first kappa shape index (κ1) is 16.0. The third kappa shape index (κ3) is 3.05. The van der Waals surface area contributed by atoms with Crippen molar-refractivity contribution in [3.63, 3.8) is 0 Å². The number of phenolic OH excluding ortho intramolecular Hbond substituents is 1. The highest BCUT2D eigenvalue weighted by Crippen LogP contribution is 2.33. The Kier molecular flexibility index (Phi) is 4.15. The average Bonchev–Trinajstić information content (AvgIpc) is 3.15. The van der Waals surface area contributed by atoms with Crippen LogP contribution in [0.15, 0.2) is 78.9 Å². The molecule has 0 unspecified atom stereocenters. The Bertz CT molecular complexity index is 1000. The van der Waals surface area contributed by atoms with Gasteiger partial charge in [-0.05, 0) is 48.5 Å². The van der Waals surface area contributed by atoms with Crippen LogP contribution in [0.1, 0.15) is 0 Å². The fourth-order valence-electron chi connectivity index (χ4n) is 2.90. The lowest BCUT2D eigenvalue weighted by Gasteiger charge is -2.03. The van der Waals surface area contributed by atoms with Gasteiger partial charge in [-0.15, -0.1) is 0 Å². The Morgan fingerprint density at radius 3 is 2.08 bits per heavy atom. The topological polar surface area (TPSA) is 58.1 Å². The van der Waals surface area contributed by atoms with Crippen LogP contribution in [0.3, 0.4) is 0 Å². The number of aromatic nitrogens is 2. The van der Waals surface area contributed by atoms with Gasteiger partial charge in [-0.1, -0.05) is 30.3 Å². The van der Waals surface area contributed by atoms with E-state index < -0.39 is 0 Å². The lowest BCUT2D eigenvalue weighted by Crippen LogP contribution is -1.84. The van der Waals surface area contributed by atoms with Crippen LogP contribution < -0.4 is 4.74 Å². The van der Waals surface area contributed by atoms with Crippen LogP contribution in [0, 0.1) is 0 Å². The summed E-state index contributed by atoms with van der Waals surface area (Å²) in [7, 11) is 1.65. The molecule has 0 saturated carbocycles. The quantitative estimate of drug-likeness (QED) is 0.541. The third-order valence-electron chi connectivity index (χ3n) is 4.27. The Morgan fingerprint density at radius 2 is 1.42 bits per heavy atom. The molecule has 128 valence electrons. The second-order valence-corrected chi connectivity index (χ2v) is 5.95. The second kappa shape index (κ2) is 6.76. The molecule has 0 spiro atoms. The van der Waals surface area contributed by atoms with E-state index in [9.17, 15) is 5.11 Å². The van der Waals surface area contributed by atoms with Crippen LogP contribution in [-0.4, -0.2) is 22.2 Å². The first-order valence-electron chi connectivity index (χ1n) is 8.34. The second-order valence-electron chi connectivity index (χ2n) is 5.95. The standard InChI is InChI=1S/C22H18N2O2/c1-26-19-13-9-17(10-14-19)22-23-20(15-5-3-2-4-6-15)21(24-22)16-7-11-18(25)12-8-16/h2-14,25H,1H3,(H,23,24). The smallest absolute Gasteiger partial charge is 0.138 e. The van der Waals surface area contributed by atoms with E-state index in [1.165, 1.54) is 0 Å². The molecule has 1 heterocycles. The van der Waals surface area contributed by atoms with E-state index in [4.69, 9.17) is 9.72 Å². The predicted molar refractivity (Wildman–Crippen MR) is 103 cm³/mol. The van der Waals surface area contributed by atoms with Crippen molar-refractivity contribution in [2.75, 3.05) is 7.11 Å². The number of nitrogens with one attached hydrogen (secondary N) is 1. The van der Waals surface area contributed by atoms with E-state index in [1.54, 1.807) is 19.2 Å². The zero-order valence-electron chi connectivity index (χ0n) is 14.3. The molecule has 0 saturated heterocycles. The number of aromatic amines is 1. The first-order valence-corrected chi connectivity index (χ1v) is 8.34. The van der Waals surface area contributed by atoms with Gasteiger partial charge >= 0.3 is 0 Å². The van der Waals surface area contributed by atoms with Crippen LogP contribution in [-0.2, 0) is 0 Å². The minimum atomic E-state index is 0.241. The molecule has 0 fully saturated rings. The van der Waals surface area contributed by atoms with E-state index >= 15 is 0 Å². The average molecular weight is 342 g/mol. The summed E-state index contributed by atoms with van der Waals surface area (Å²) in [4.78, 5) is 8.28. The number of phenols is 1. The molecule has 0 bridgehead atoms. The number of methoxy groups -OCH3 is 1. The Morgan fingerprint density at radius 1 is 0.769 bits per heavy atom. The molecule has 3 aromatic carbocycles. The third-order valence-corrected chi connectivity index (χ3v) is 4.27. The van der Waals surface area contributed by atoms with Crippen molar-refractivity contribution in [1.82, 2.24) is 9.97 Å². The van der Waals surface area contributed by atoms with E-state index in [1.807, 2.05) is 66.7 Å². The molecule has 1 aromatic heterocycles. The maximum absolute atomic E-state index is 9.58. The number of H-pyrrole nitrogens is 1. The van der Waals surface area contributed by atoms with Gasteiger partial charge in [-0.25, -0.2) is 4.98 Å². The predicted octanol–water partition coefficient (Wildman–Crippen LogP) is 5.12. The van der Waals surface area contributed by atoms with Gasteiger partial charge < -0.3 is 14.8 Å². The van der Waals surface area contributed by atoms with Crippen molar-refractivity contribution in [1.29, 1.82) is 0 Å². The molecule has 0 aliphatic heterocycles. The molecule has 4 nitrogen and oxygen atoms in total. The SMILES string of the molecule is COc1ccc(-c2nc(-c3ccccc3)c(-c3ccc(O)cc3)[nH]2)cc1. The van der Waals surface area contributed by atoms with Crippen LogP contribution in [0.5, 0.6) is 11.5 Å². The summed E-state index contributed by atoms with van der Waals surface area (Å²) in [6.45, 7) is 0. The monoisotopic (exact) mass is 342 g/mol. The Hall–Kier alpha value is -3.53. The van der Waals surface area contributed by atoms with Gasteiger partial charge in [0.25, 0.3) is 0 Å². The van der Waals surface area contributed by atoms with E-state index in [-0.39, 0.29) is 5.75 Å². The number of nitrogens with zero attached hydrogens (tertiary/aromatic N) is 1. The molecule has 4 rings (SSSR count). The molecule has 0 aliphatic rings. The van der Waals surface area contributed by atoms with Gasteiger partial charge in [0.15, 0.2) is 0 Å². The summed E-state index contributed by atoms with van der Waals surface area (Å²) in [5.41, 5.74) is 4.78. The highest BCUT2D eigenvalue weighted by Gasteiger charge is 2.15. The van der Waals surface area contributed by atoms with E-state index in [0.29, 0.717) is 0 Å². The summed E-state index contributed by atoms with van der Waals surface area (Å²) >= 11 is 0. The molecular weight excluding hydrogens is 324 g/mol. The molecule has 4 heteroatoms. The highest BCUT2D eigenvalue weighted by molar-refractivity contribution is 5.81. The van der Waals surface area contributed by atoms with Crippen molar-refractivity contribution < 1.29 is 9.84 Å². The van der Waals surface area contributed by atoms with Crippen molar-refractivity contribution in [2.24, 2.45) is 0 Å². The molecular formula is C22H18N2O2. The van der Waals surface area contributed by atoms with Crippen LogP contribution >= 0.6 is 0 Å². The maximum Gasteiger partial charge on any atom is 0.138 e. The molecule has 26 heavy (non-hydrogen) atoms. The van der Waals surface area contributed by atoms with Crippen LogP contribution in [0.25, 0.3) is 33.9 Å². The summed E-state index contributed by atoms with van der Waals surface area (Å²) in [5, 5.41) is 9.58. The van der Waals surface area contributed by atoms with Gasteiger partial charge in [-0.3, -0.25) is 0 Å². The number of benzene rings is 3. The number of imidazole rings is 1. The zero-order chi connectivity index (χ0) is 17.9. The normalized spacial score (nSPS) is 10.7. The summed E-state index contributed by atoms with van der Waals surface area (Å²) in [5.74, 6) is 1.84. The van der Waals surface area contributed by atoms with Gasteiger partial charge in [0.2, 0.25) is 0 Å². The Labute approximate surface area is 151 Å². The molecule has 0 aliphatic carbocycles. The van der Waals surface area contributed by atoms with Gasteiger partial charge in [0.05, 0.1) is 18.5 Å². The fourth-order valence-corrected chi connectivity index (χ4v) is 2.90. The van der Waals surface area contributed by atoms with Crippen molar-refractivity contribution in [3.05, 3.63) is 78.9 Å². The summed E-state index contributed by atoms with van der Waals surface area (Å²) in [6, 6.07) is 25.0. The number of ether oxygens (including phenoxy) is 1. The summed E-state index contributed by atoms with van der Waals surface area (Å²) < 4.78 is 5.23. The minimum Gasteiger partial charge on any atom is -0.508 e. The Balaban J connectivity index is 1.85. The largest absolute Gasteiger partial charge is 0.508 e. The maximum atomic E-state index is 9.58. The molecule has 0 amide bonds. The summed E-state index contributed by atoms with van der Waals surface area (Å²) in [6.07, 6.45) is 0. The van der Waals surface area contributed by atoms with Crippen LogP contribution in [0.2, 0.25) is 0 Å². The van der Waals surface area contributed by atoms with Gasteiger partial charge in [-0.2, -0.15) is 0 Å². The molecule has 0 atom stereocenters. The fraction of sp³-hybridized carbons (Fsp3) is 0.0455. The molecule has 4 aromatic rings. The van der Waals surface area contributed by atoms with Crippen molar-refractivity contribution in [2.45, 2.75) is 0 Å². The van der Waals surface area contributed by atoms with Gasteiger partial charge in [0, 0.05) is 16.7 Å². The minimum absolute atomic E-state index is 0.241. The van der Waals surface area contributed by atoms with Crippen molar-refractivity contribution >= 4 is 0 Å². The van der Waals surface area contributed by atoms with Gasteiger partial charge in [0.1, 0.15) is 17.3 Å². The van der Waals surface area contributed by atoms with Crippen molar-refractivity contribution in [3.8, 4) is 45.4 Å².